The minimum Gasteiger partial charge on any atom is -0.494 e. The standard InChI is InChI=1S/C28H34FN3O3S.ClH/c1-31-19-28(30-20-31)36(33,34)15-5-14-35-24-10-8-22-9-11-27(32-13-12-23(29)18-32)26(25(22)17-24)16-21-6-3-2-4-7-21;/h2-4,6-8,10,17,19-20,23,26-27H,5,9,11-16,18H2,1H3;1H. The normalized spacial score (nSPS) is 21.8. The van der Waals surface area contributed by atoms with Gasteiger partial charge in [0.05, 0.1) is 18.7 Å². The number of aromatic nitrogens is 2. The lowest BCUT2D eigenvalue weighted by Crippen LogP contribution is -2.42. The number of alkyl halides is 1. The number of halogens is 2. The van der Waals surface area contributed by atoms with E-state index in [1.807, 2.05) is 12.1 Å². The molecule has 3 aromatic rings. The highest BCUT2D eigenvalue weighted by molar-refractivity contribution is 7.91. The molecule has 200 valence electrons. The summed E-state index contributed by atoms with van der Waals surface area (Å²) in [6, 6.07) is 17.1. The zero-order valence-corrected chi connectivity index (χ0v) is 22.8. The maximum absolute atomic E-state index is 14.1. The van der Waals surface area contributed by atoms with Gasteiger partial charge in [-0.3, -0.25) is 4.90 Å². The summed E-state index contributed by atoms with van der Waals surface area (Å²) >= 11 is 0. The first-order valence-electron chi connectivity index (χ1n) is 12.8. The van der Waals surface area contributed by atoms with Crippen molar-refractivity contribution in [3.63, 3.8) is 0 Å². The number of imidazole rings is 1. The molecule has 2 aromatic carbocycles. The molecule has 37 heavy (non-hydrogen) atoms. The summed E-state index contributed by atoms with van der Waals surface area (Å²) in [5.74, 6) is 1.01. The van der Waals surface area contributed by atoms with E-state index in [1.165, 1.54) is 29.2 Å². The number of likely N-dealkylation sites (tertiary alicyclic amines) is 1. The third kappa shape index (κ3) is 6.54. The van der Waals surface area contributed by atoms with Gasteiger partial charge in [-0.25, -0.2) is 17.8 Å². The molecule has 1 aromatic heterocycles. The first-order chi connectivity index (χ1) is 17.4. The van der Waals surface area contributed by atoms with Crippen LogP contribution in [0, 0.1) is 0 Å². The Hall–Kier alpha value is -2.42. The maximum Gasteiger partial charge on any atom is 0.197 e. The molecular weight excluding hydrogens is 513 g/mol. The molecule has 1 fully saturated rings. The van der Waals surface area contributed by atoms with Gasteiger partial charge in [0.25, 0.3) is 0 Å². The minimum absolute atomic E-state index is 0. The highest BCUT2D eigenvalue weighted by Crippen LogP contribution is 2.40. The third-order valence-electron chi connectivity index (χ3n) is 7.45. The number of benzene rings is 2. The van der Waals surface area contributed by atoms with E-state index in [0.29, 0.717) is 32.0 Å². The first-order valence-corrected chi connectivity index (χ1v) is 14.4. The van der Waals surface area contributed by atoms with Gasteiger partial charge in [0, 0.05) is 38.3 Å². The largest absolute Gasteiger partial charge is 0.494 e. The van der Waals surface area contributed by atoms with Crippen LogP contribution in [-0.2, 0) is 29.7 Å². The summed E-state index contributed by atoms with van der Waals surface area (Å²) in [4.78, 5) is 6.31. The Labute approximate surface area is 225 Å². The van der Waals surface area contributed by atoms with Crippen LogP contribution >= 0.6 is 12.4 Å². The molecule has 1 saturated heterocycles. The van der Waals surface area contributed by atoms with Crippen molar-refractivity contribution >= 4 is 22.2 Å². The van der Waals surface area contributed by atoms with Crippen molar-refractivity contribution in [1.29, 1.82) is 0 Å². The van der Waals surface area contributed by atoms with Crippen LogP contribution in [0.25, 0.3) is 0 Å². The molecule has 9 heteroatoms. The number of hydrogen-bond acceptors (Lipinski definition) is 5. The van der Waals surface area contributed by atoms with Gasteiger partial charge in [-0.05, 0) is 60.9 Å². The van der Waals surface area contributed by atoms with E-state index in [4.69, 9.17) is 4.74 Å². The smallest absolute Gasteiger partial charge is 0.197 e. The quantitative estimate of drug-likeness (QED) is 0.361. The fraction of sp³-hybridized carbons (Fsp3) is 0.464. The van der Waals surface area contributed by atoms with E-state index < -0.39 is 16.0 Å². The molecule has 5 rings (SSSR count). The second kappa shape index (κ2) is 12.0. The average molecular weight is 548 g/mol. The Kier molecular flexibility index (Phi) is 8.93. The molecule has 0 saturated carbocycles. The second-order valence-corrected chi connectivity index (χ2v) is 12.1. The van der Waals surface area contributed by atoms with Crippen LogP contribution in [0.1, 0.15) is 41.9 Å². The van der Waals surface area contributed by atoms with Crippen LogP contribution in [0.5, 0.6) is 5.75 Å². The van der Waals surface area contributed by atoms with Crippen LogP contribution < -0.4 is 4.74 Å². The molecule has 6 nitrogen and oxygen atoms in total. The Morgan fingerprint density at radius 2 is 1.95 bits per heavy atom. The lowest BCUT2D eigenvalue weighted by molar-refractivity contribution is 0.174. The van der Waals surface area contributed by atoms with Crippen molar-refractivity contribution in [3.8, 4) is 5.75 Å². The van der Waals surface area contributed by atoms with E-state index in [2.05, 4.69) is 46.3 Å². The van der Waals surface area contributed by atoms with Crippen molar-refractivity contribution in [1.82, 2.24) is 14.5 Å². The van der Waals surface area contributed by atoms with Gasteiger partial charge < -0.3 is 9.30 Å². The minimum atomic E-state index is -3.42. The average Bonchev–Trinajstić information content (AvgIpc) is 3.51. The van der Waals surface area contributed by atoms with Gasteiger partial charge in [-0.1, -0.05) is 36.4 Å². The van der Waals surface area contributed by atoms with Crippen molar-refractivity contribution in [3.05, 3.63) is 77.7 Å². The van der Waals surface area contributed by atoms with E-state index in [1.54, 1.807) is 11.6 Å². The Balaban J connectivity index is 0.00000320. The Bertz CT molecular complexity index is 1280. The molecule has 0 amide bonds. The van der Waals surface area contributed by atoms with Crippen molar-refractivity contribution in [2.24, 2.45) is 7.05 Å². The molecule has 3 unspecified atom stereocenters. The van der Waals surface area contributed by atoms with Crippen molar-refractivity contribution in [2.45, 2.75) is 55.3 Å². The molecule has 0 radical (unpaired) electrons. The third-order valence-corrected chi connectivity index (χ3v) is 9.12. The number of nitrogens with zero attached hydrogens (tertiary/aromatic N) is 3. The Morgan fingerprint density at radius 1 is 1.14 bits per heavy atom. The van der Waals surface area contributed by atoms with Gasteiger partial charge in [0.2, 0.25) is 0 Å². The predicted molar refractivity (Wildman–Crippen MR) is 145 cm³/mol. The molecule has 1 aliphatic carbocycles. The van der Waals surface area contributed by atoms with Crippen molar-refractivity contribution in [2.75, 3.05) is 25.4 Å². The van der Waals surface area contributed by atoms with E-state index in [-0.39, 0.29) is 29.1 Å². The van der Waals surface area contributed by atoms with Crippen LogP contribution in [-0.4, -0.2) is 60.5 Å². The Morgan fingerprint density at radius 3 is 2.65 bits per heavy atom. The van der Waals surface area contributed by atoms with Gasteiger partial charge >= 0.3 is 0 Å². The van der Waals surface area contributed by atoms with E-state index in [9.17, 15) is 12.8 Å². The van der Waals surface area contributed by atoms with E-state index >= 15 is 0 Å². The van der Waals surface area contributed by atoms with Crippen LogP contribution in [0.4, 0.5) is 4.39 Å². The van der Waals surface area contributed by atoms with Crippen LogP contribution in [0.15, 0.2) is 66.1 Å². The van der Waals surface area contributed by atoms with Crippen molar-refractivity contribution < 1.29 is 17.5 Å². The summed E-state index contributed by atoms with van der Waals surface area (Å²) < 4.78 is 46.7. The van der Waals surface area contributed by atoms with Crippen LogP contribution in [0.2, 0.25) is 0 Å². The number of fused-ring (bicyclic) bond motifs is 1. The fourth-order valence-electron chi connectivity index (χ4n) is 5.64. The van der Waals surface area contributed by atoms with E-state index in [0.717, 1.165) is 31.6 Å². The lowest BCUT2D eigenvalue weighted by Gasteiger charge is -2.39. The SMILES string of the molecule is Cl.Cn1cnc(S(=O)(=O)CCCOc2ccc3c(c2)C(Cc2ccccc2)C(N2CCC(F)C2)CC3)c1. The fourth-order valence-corrected chi connectivity index (χ4v) is 6.88. The maximum atomic E-state index is 14.1. The summed E-state index contributed by atoms with van der Waals surface area (Å²) in [6.45, 7) is 1.65. The molecular formula is C28H35ClFN3O3S. The first kappa shape index (κ1) is 27.6. The van der Waals surface area contributed by atoms with Crippen LogP contribution in [0.3, 0.4) is 0 Å². The highest BCUT2D eigenvalue weighted by atomic mass is 35.5. The zero-order chi connectivity index (χ0) is 25.1. The molecule has 2 heterocycles. The summed E-state index contributed by atoms with van der Waals surface area (Å²) in [5, 5.41) is 0.103. The summed E-state index contributed by atoms with van der Waals surface area (Å²) in [6.07, 6.45) is 6.19. The molecule has 3 atom stereocenters. The predicted octanol–water partition coefficient (Wildman–Crippen LogP) is 4.77. The summed E-state index contributed by atoms with van der Waals surface area (Å²) in [7, 11) is -1.67. The van der Waals surface area contributed by atoms with Gasteiger partial charge in [-0.2, -0.15) is 0 Å². The number of hydrogen-bond donors (Lipinski definition) is 0. The zero-order valence-electron chi connectivity index (χ0n) is 21.1. The molecule has 0 spiro atoms. The molecule has 1 aliphatic heterocycles. The number of rotatable bonds is 9. The monoisotopic (exact) mass is 547 g/mol. The van der Waals surface area contributed by atoms with Gasteiger partial charge in [-0.15, -0.1) is 12.4 Å². The number of sulfone groups is 1. The second-order valence-electron chi connectivity index (χ2n) is 10.0. The lowest BCUT2D eigenvalue weighted by atomic mass is 9.75. The molecule has 2 aliphatic rings. The number of ether oxygens (including phenoxy) is 1. The topological polar surface area (TPSA) is 64.4 Å². The number of aryl methyl sites for hydroxylation is 2. The van der Waals surface area contributed by atoms with Gasteiger partial charge in [0.1, 0.15) is 11.9 Å². The van der Waals surface area contributed by atoms with Gasteiger partial charge in [0.15, 0.2) is 14.9 Å². The summed E-state index contributed by atoms with van der Waals surface area (Å²) in [5.41, 5.74) is 3.88. The molecule has 0 N–H and O–H groups in total. The molecule has 0 bridgehead atoms. The highest BCUT2D eigenvalue weighted by Gasteiger charge is 2.37.